The molecule has 2 amide bonds. The zero-order valence-corrected chi connectivity index (χ0v) is 15.1. The molecule has 0 bridgehead atoms. The first-order chi connectivity index (χ1) is 12.9. The summed E-state index contributed by atoms with van der Waals surface area (Å²) in [6, 6.07) is 12.9. The molecule has 1 N–H and O–H groups in total. The fraction of sp³-hybridized carbons (Fsp3) is 0.286. The molecule has 0 spiro atoms. The van der Waals surface area contributed by atoms with E-state index in [4.69, 9.17) is 0 Å². The van der Waals surface area contributed by atoms with Gasteiger partial charge in [-0.25, -0.2) is 4.39 Å². The Hall–Kier alpha value is -3.02. The van der Waals surface area contributed by atoms with Crippen LogP contribution in [0.3, 0.4) is 0 Å². The number of hydrogen-bond donors (Lipinski definition) is 1. The molecule has 2 aromatic carbocycles. The topological polar surface area (TPSA) is 66.5 Å². The lowest BCUT2D eigenvalue weighted by molar-refractivity contribution is -0.128. The van der Waals surface area contributed by atoms with Gasteiger partial charge in [-0.1, -0.05) is 24.3 Å². The summed E-state index contributed by atoms with van der Waals surface area (Å²) < 4.78 is 13.0. The van der Waals surface area contributed by atoms with Crippen LogP contribution in [-0.4, -0.2) is 35.6 Å². The summed E-state index contributed by atoms with van der Waals surface area (Å²) in [4.78, 5) is 37.8. The minimum absolute atomic E-state index is 0.0604. The van der Waals surface area contributed by atoms with Crippen LogP contribution in [-0.2, 0) is 16.0 Å². The fourth-order valence-electron chi connectivity index (χ4n) is 3.14. The molecule has 2 aromatic rings. The molecular formula is C21H21FN2O3. The fourth-order valence-corrected chi connectivity index (χ4v) is 3.14. The number of Topliss-reactive ketones (excluding diaryl/α,β-unsaturated/α-hetero) is 1. The predicted octanol–water partition coefficient (Wildman–Crippen LogP) is 3.06. The molecule has 27 heavy (non-hydrogen) atoms. The number of anilines is 1. The van der Waals surface area contributed by atoms with E-state index in [-0.39, 0.29) is 29.8 Å². The quantitative estimate of drug-likeness (QED) is 0.797. The number of likely N-dealkylation sites (tertiary alicyclic amines) is 1. The van der Waals surface area contributed by atoms with Gasteiger partial charge in [0.1, 0.15) is 5.82 Å². The number of carbonyl (C=O) groups is 3. The standard InChI is InChI=1S/C21H21FN2O3/c1-14(25)16-3-2-4-19(11-16)23-21(27)17-12-20(26)24(13-17)10-9-15-5-7-18(22)8-6-15/h2-8,11,17H,9-10,12-13H2,1H3,(H,23,27). The van der Waals surface area contributed by atoms with Crippen molar-refractivity contribution >= 4 is 23.3 Å². The second-order valence-electron chi connectivity index (χ2n) is 6.74. The number of nitrogens with zero attached hydrogens (tertiary/aromatic N) is 1. The Bertz CT molecular complexity index is 864. The number of hydrogen-bond acceptors (Lipinski definition) is 3. The average molecular weight is 368 g/mol. The van der Waals surface area contributed by atoms with Crippen molar-refractivity contribution in [3.05, 3.63) is 65.5 Å². The molecule has 0 radical (unpaired) electrons. The third-order valence-corrected chi connectivity index (χ3v) is 4.71. The summed E-state index contributed by atoms with van der Waals surface area (Å²) in [6.07, 6.45) is 0.780. The molecule has 1 fully saturated rings. The van der Waals surface area contributed by atoms with Gasteiger partial charge in [-0.15, -0.1) is 0 Å². The summed E-state index contributed by atoms with van der Waals surface area (Å²) in [5.74, 6) is -1.08. The molecule has 5 nitrogen and oxygen atoms in total. The molecule has 140 valence electrons. The second kappa shape index (κ2) is 8.12. The highest BCUT2D eigenvalue weighted by Crippen LogP contribution is 2.21. The van der Waals surface area contributed by atoms with Crippen molar-refractivity contribution in [2.45, 2.75) is 19.8 Å². The molecule has 1 atom stereocenters. The lowest BCUT2D eigenvalue weighted by Crippen LogP contribution is -2.30. The Kier molecular flexibility index (Phi) is 5.64. The molecule has 6 heteroatoms. The average Bonchev–Trinajstić information content (AvgIpc) is 3.02. The van der Waals surface area contributed by atoms with Crippen molar-refractivity contribution in [1.82, 2.24) is 4.90 Å². The van der Waals surface area contributed by atoms with Crippen LogP contribution in [0.1, 0.15) is 29.3 Å². The van der Waals surface area contributed by atoms with Crippen LogP contribution in [0.5, 0.6) is 0 Å². The van der Waals surface area contributed by atoms with Gasteiger partial charge >= 0.3 is 0 Å². The van der Waals surface area contributed by atoms with Gasteiger partial charge in [0.2, 0.25) is 11.8 Å². The minimum Gasteiger partial charge on any atom is -0.342 e. The Morgan fingerprint density at radius 1 is 1.19 bits per heavy atom. The third-order valence-electron chi connectivity index (χ3n) is 4.71. The van der Waals surface area contributed by atoms with Crippen LogP contribution in [0.4, 0.5) is 10.1 Å². The molecule has 1 aliphatic rings. The molecule has 1 saturated heterocycles. The number of ketones is 1. The van der Waals surface area contributed by atoms with Crippen LogP contribution in [0.25, 0.3) is 0 Å². The van der Waals surface area contributed by atoms with Gasteiger partial charge in [-0.05, 0) is 43.2 Å². The lowest BCUT2D eigenvalue weighted by Gasteiger charge is -2.16. The van der Waals surface area contributed by atoms with Crippen LogP contribution < -0.4 is 5.32 Å². The zero-order valence-electron chi connectivity index (χ0n) is 15.1. The normalized spacial score (nSPS) is 16.4. The summed E-state index contributed by atoms with van der Waals surface area (Å²) >= 11 is 0. The smallest absolute Gasteiger partial charge is 0.229 e. The highest BCUT2D eigenvalue weighted by molar-refractivity contribution is 5.99. The van der Waals surface area contributed by atoms with E-state index in [9.17, 15) is 18.8 Å². The first kappa shape index (κ1) is 18.8. The van der Waals surface area contributed by atoms with E-state index in [1.165, 1.54) is 19.1 Å². The predicted molar refractivity (Wildman–Crippen MR) is 99.9 cm³/mol. The maximum Gasteiger partial charge on any atom is 0.229 e. The van der Waals surface area contributed by atoms with Crippen molar-refractivity contribution in [2.24, 2.45) is 5.92 Å². The minimum atomic E-state index is -0.424. The summed E-state index contributed by atoms with van der Waals surface area (Å²) in [6.45, 7) is 2.32. The maximum atomic E-state index is 13.0. The van der Waals surface area contributed by atoms with Crippen molar-refractivity contribution in [3.63, 3.8) is 0 Å². The Morgan fingerprint density at radius 3 is 2.63 bits per heavy atom. The van der Waals surface area contributed by atoms with E-state index >= 15 is 0 Å². The van der Waals surface area contributed by atoms with Crippen LogP contribution in [0.2, 0.25) is 0 Å². The van der Waals surface area contributed by atoms with Gasteiger partial charge in [0.15, 0.2) is 5.78 Å². The van der Waals surface area contributed by atoms with Crippen molar-refractivity contribution < 1.29 is 18.8 Å². The lowest BCUT2D eigenvalue weighted by atomic mass is 10.1. The summed E-state index contributed by atoms with van der Waals surface area (Å²) in [7, 11) is 0. The van der Waals surface area contributed by atoms with Gasteiger partial charge in [0.25, 0.3) is 0 Å². The van der Waals surface area contributed by atoms with Crippen molar-refractivity contribution in [3.8, 4) is 0 Å². The SMILES string of the molecule is CC(=O)c1cccc(NC(=O)C2CC(=O)N(CCc3ccc(F)cc3)C2)c1. The first-order valence-corrected chi connectivity index (χ1v) is 8.86. The van der Waals surface area contributed by atoms with E-state index in [1.54, 1.807) is 41.3 Å². The van der Waals surface area contributed by atoms with Crippen molar-refractivity contribution in [1.29, 1.82) is 0 Å². The Balaban J connectivity index is 1.56. The Labute approximate surface area is 157 Å². The summed E-state index contributed by atoms with van der Waals surface area (Å²) in [5, 5.41) is 2.79. The van der Waals surface area contributed by atoms with Crippen LogP contribution in [0, 0.1) is 11.7 Å². The largest absolute Gasteiger partial charge is 0.342 e. The highest BCUT2D eigenvalue weighted by Gasteiger charge is 2.34. The maximum absolute atomic E-state index is 13.0. The number of carbonyl (C=O) groups excluding carboxylic acids is 3. The second-order valence-corrected chi connectivity index (χ2v) is 6.74. The van der Waals surface area contributed by atoms with Gasteiger partial charge in [0, 0.05) is 30.8 Å². The molecule has 1 unspecified atom stereocenters. The summed E-state index contributed by atoms with van der Waals surface area (Å²) in [5.41, 5.74) is 2.01. The van der Waals surface area contributed by atoms with Gasteiger partial charge in [-0.3, -0.25) is 14.4 Å². The van der Waals surface area contributed by atoms with E-state index in [0.29, 0.717) is 30.8 Å². The van der Waals surface area contributed by atoms with Gasteiger partial charge in [0.05, 0.1) is 5.92 Å². The Morgan fingerprint density at radius 2 is 1.93 bits per heavy atom. The zero-order chi connectivity index (χ0) is 19.4. The van der Waals surface area contributed by atoms with Gasteiger partial charge in [-0.2, -0.15) is 0 Å². The number of amides is 2. The van der Waals surface area contributed by atoms with Crippen LogP contribution in [0.15, 0.2) is 48.5 Å². The first-order valence-electron chi connectivity index (χ1n) is 8.86. The molecule has 0 saturated carbocycles. The monoisotopic (exact) mass is 368 g/mol. The molecule has 3 rings (SSSR count). The van der Waals surface area contributed by atoms with E-state index < -0.39 is 5.92 Å². The number of halogens is 1. The molecular weight excluding hydrogens is 347 g/mol. The number of benzene rings is 2. The molecule has 1 heterocycles. The molecule has 1 aliphatic heterocycles. The number of rotatable bonds is 6. The molecule has 0 aliphatic carbocycles. The number of nitrogens with one attached hydrogen (secondary N) is 1. The highest BCUT2D eigenvalue weighted by atomic mass is 19.1. The van der Waals surface area contributed by atoms with E-state index in [2.05, 4.69) is 5.32 Å². The van der Waals surface area contributed by atoms with Gasteiger partial charge < -0.3 is 10.2 Å². The van der Waals surface area contributed by atoms with Crippen molar-refractivity contribution in [2.75, 3.05) is 18.4 Å². The van der Waals surface area contributed by atoms with E-state index in [1.807, 2.05) is 0 Å². The third kappa shape index (κ3) is 4.78. The molecule has 0 aromatic heterocycles. The van der Waals surface area contributed by atoms with Crippen LogP contribution >= 0.6 is 0 Å². The van der Waals surface area contributed by atoms with E-state index in [0.717, 1.165) is 5.56 Å².